The zero-order valence-electron chi connectivity index (χ0n) is 9.90. The van der Waals surface area contributed by atoms with Gasteiger partial charge in [-0.1, -0.05) is 36.6 Å². The lowest BCUT2D eigenvalue weighted by Gasteiger charge is -2.17. The maximum atomic E-state index is 6.06. The van der Waals surface area contributed by atoms with Crippen LogP contribution in [0.2, 0.25) is 5.02 Å². The predicted octanol–water partition coefficient (Wildman–Crippen LogP) is 3.28. The van der Waals surface area contributed by atoms with Crippen LogP contribution in [0, 0.1) is 17.8 Å². The summed E-state index contributed by atoms with van der Waals surface area (Å²) < 4.78 is 0. The molecule has 2 saturated carbocycles. The molecule has 2 aliphatic rings. The lowest BCUT2D eigenvalue weighted by Crippen LogP contribution is -2.30. The van der Waals surface area contributed by atoms with Gasteiger partial charge in [0.25, 0.3) is 0 Å². The summed E-state index contributed by atoms with van der Waals surface area (Å²) in [5.41, 5.74) is 4.24. The number of halogens is 1. The monoisotopic (exact) mass is 250 g/mol. The molecule has 0 aliphatic heterocycles. The van der Waals surface area contributed by atoms with Crippen molar-refractivity contribution in [3.8, 4) is 0 Å². The minimum absolute atomic E-state index is 0.279. The van der Waals surface area contributed by atoms with E-state index in [0.29, 0.717) is 0 Å². The maximum Gasteiger partial charge on any atom is 0.0494 e. The van der Waals surface area contributed by atoms with Gasteiger partial charge >= 0.3 is 0 Å². The first-order chi connectivity index (χ1) is 8.31. The van der Waals surface area contributed by atoms with Crippen LogP contribution in [0.4, 0.5) is 0 Å². The summed E-state index contributed by atoms with van der Waals surface area (Å²) in [5, 5.41) is 0.798. The van der Waals surface area contributed by atoms with Crippen molar-refractivity contribution in [3.63, 3.8) is 0 Å². The lowest BCUT2D eigenvalue weighted by atomic mass is 10.0. The molecule has 0 radical (unpaired) electrons. The highest BCUT2D eigenvalue weighted by Gasteiger charge is 2.54. The topological polar surface area (TPSA) is 38.0 Å². The smallest absolute Gasteiger partial charge is 0.0494 e. The molecule has 3 heteroatoms. The molecule has 0 saturated heterocycles. The van der Waals surface area contributed by atoms with Gasteiger partial charge in [-0.25, -0.2) is 0 Å². The molecule has 0 bridgehead atoms. The zero-order valence-corrected chi connectivity index (χ0v) is 10.7. The molecule has 3 N–H and O–H groups in total. The molecule has 0 heterocycles. The standard InChI is InChI=1S/C14H19ClN2/c15-10-5-3-4-9(8-10)14(17-16)13-11-6-1-2-7-12(11)13/h3-5,8,11-14,17H,1-2,6-7,16H2. The third-order valence-electron chi connectivity index (χ3n) is 4.49. The fraction of sp³-hybridized carbons (Fsp3) is 0.571. The number of hydrazine groups is 1. The van der Waals surface area contributed by atoms with Gasteiger partial charge in [0.05, 0.1) is 0 Å². The summed E-state index contributed by atoms with van der Waals surface area (Å²) in [7, 11) is 0. The van der Waals surface area contributed by atoms with Crippen molar-refractivity contribution in [2.75, 3.05) is 0 Å². The normalized spacial score (nSPS) is 32.9. The van der Waals surface area contributed by atoms with Gasteiger partial charge in [0.2, 0.25) is 0 Å². The van der Waals surface area contributed by atoms with E-state index >= 15 is 0 Å². The second kappa shape index (κ2) is 4.60. The summed E-state index contributed by atoms with van der Waals surface area (Å²) in [6, 6.07) is 8.37. The summed E-state index contributed by atoms with van der Waals surface area (Å²) in [6.07, 6.45) is 5.55. The highest BCUT2D eigenvalue weighted by atomic mass is 35.5. The molecular weight excluding hydrogens is 232 g/mol. The first-order valence-corrected chi connectivity index (χ1v) is 6.90. The molecule has 17 heavy (non-hydrogen) atoms. The van der Waals surface area contributed by atoms with Gasteiger partial charge in [0, 0.05) is 11.1 Å². The zero-order chi connectivity index (χ0) is 11.8. The largest absolute Gasteiger partial charge is 0.271 e. The number of rotatable bonds is 3. The van der Waals surface area contributed by atoms with Crippen molar-refractivity contribution in [2.24, 2.45) is 23.6 Å². The molecule has 3 atom stereocenters. The number of hydrogen-bond acceptors (Lipinski definition) is 2. The third kappa shape index (κ3) is 2.10. The van der Waals surface area contributed by atoms with Crippen LogP contribution in [0.25, 0.3) is 0 Å². The number of fused-ring (bicyclic) bond motifs is 1. The van der Waals surface area contributed by atoms with Gasteiger partial charge in [-0.2, -0.15) is 0 Å². The van der Waals surface area contributed by atoms with Crippen molar-refractivity contribution in [1.29, 1.82) is 0 Å². The van der Waals surface area contributed by atoms with Gasteiger partial charge in [0.15, 0.2) is 0 Å². The van der Waals surface area contributed by atoms with Crippen LogP contribution in [0.5, 0.6) is 0 Å². The Labute approximate surface area is 108 Å². The van der Waals surface area contributed by atoms with Crippen LogP contribution in [-0.4, -0.2) is 0 Å². The van der Waals surface area contributed by atoms with Crippen LogP contribution in [0.15, 0.2) is 24.3 Å². The Bertz CT molecular complexity index is 395. The minimum atomic E-state index is 0.279. The highest BCUT2D eigenvalue weighted by molar-refractivity contribution is 6.30. The molecule has 0 spiro atoms. The molecule has 2 fully saturated rings. The Morgan fingerprint density at radius 3 is 2.53 bits per heavy atom. The van der Waals surface area contributed by atoms with E-state index in [9.17, 15) is 0 Å². The summed E-state index contributed by atoms with van der Waals surface area (Å²) in [5.74, 6) is 8.26. The molecular formula is C14H19ClN2. The lowest BCUT2D eigenvalue weighted by molar-refractivity contribution is 0.456. The average Bonchev–Trinajstić information content (AvgIpc) is 3.05. The second-order valence-corrected chi connectivity index (χ2v) is 5.83. The Morgan fingerprint density at radius 1 is 1.24 bits per heavy atom. The van der Waals surface area contributed by atoms with Gasteiger partial charge in [-0.05, 0) is 48.3 Å². The average molecular weight is 251 g/mol. The minimum Gasteiger partial charge on any atom is -0.271 e. The molecule has 2 nitrogen and oxygen atoms in total. The van der Waals surface area contributed by atoms with E-state index in [1.807, 2.05) is 18.2 Å². The summed E-state index contributed by atoms with van der Waals surface area (Å²) in [4.78, 5) is 0. The summed E-state index contributed by atoms with van der Waals surface area (Å²) in [6.45, 7) is 0. The molecule has 1 aromatic rings. The number of hydrogen-bond donors (Lipinski definition) is 2. The number of nitrogens with two attached hydrogens (primary N) is 1. The maximum absolute atomic E-state index is 6.06. The van der Waals surface area contributed by atoms with Crippen LogP contribution in [0.3, 0.4) is 0 Å². The molecule has 2 aliphatic carbocycles. The van der Waals surface area contributed by atoms with E-state index in [1.165, 1.54) is 31.2 Å². The summed E-state index contributed by atoms with van der Waals surface area (Å²) >= 11 is 6.06. The molecule has 0 aromatic heterocycles. The fourth-order valence-electron chi connectivity index (χ4n) is 3.67. The number of benzene rings is 1. The van der Waals surface area contributed by atoms with E-state index in [2.05, 4.69) is 11.5 Å². The molecule has 92 valence electrons. The predicted molar refractivity (Wildman–Crippen MR) is 70.5 cm³/mol. The van der Waals surface area contributed by atoms with Gasteiger partial charge in [-0.15, -0.1) is 0 Å². The Balaban J connectivity index is 1.80. The highest BCUT2D eigenvalue weighted by Crippen LogP contribution is 2.60. The first-order valence-electron chi connectivity index (χ1n) is 6.53. The van der Waals surface area contributed by atoms with Crippen LogP contribution in [-0.2, 0) is 0 Å². The van der Waals surface area contributed by atoms with Crippen molar-refractivity contribution in [1.82, 2.24) is 5.43 Å². The van der Waals surface area contributed by atoms with Gasteiger partial charge in [0.1, 0.15) is 0 Å². The molecule has 3 unspecified atom stereocenters. The van der Waals surface area contributed by atoms with Gasteiger partial charge < -0.3 is 0 Å². The molecule has 3 rings (SSSR count). The van der Waals surface area contributed by atoms with Crippen LogP contribution < -0.4 is 11.3 Å². The quantitative estimate of drug-likeness (QED) is 0.638. The van der Waals surface area contributed by atoms with Gasteiger partial charge in [-0.3, -0.25) is 11.3 Å². The third-order valence-corrected chi connectivity index (χ3v) is 4.73. The van der Waals surface area contributed by atoms with E-state index in [1.54, 1.807) is 0 Å². The van der Waals surface area contributed by atoms with E-state index in [-0.39, 0.29) is 6.04 Å². The fourth-order valence-corrected chi connectivity index (χ4v) is 3.87. The second-order valence-electron chi connectivity index (χ2n) is 5.39. The van der Waals surface area contributed by atoms with Crippen molar-refractivity contribution in [2.45, 2.75) is 31.7 Å². The van der Waals surface area contributed by atoms with E-state index in [0.717, 1.165) is 22.8 Å². The van der Waals surface area contributed by atoms with Crippen molar-refractivity contribution < 1.29 is 0 Å². The van der Waals surface area contributed by atoms with Crippen LogP contribution in [0.1, 0.15) is 37.3 Å². The number of nitrogens with one attached hydrogen (secondary N) is 1. The van der Waals surface area contributed by atoms with Crippen molar-refractivity contribution >= 4 is 11.6 Å². The molecule has 1 aromatic carbocycles. The molecule has 0 amide bonds. The Morgan fingerprint density at radius 2 is 1.94 bits per heavy atom. The Kier molecular flexibility index (Phi) is 3.12. The van der Waals surface area contributed by atoms with Crippen LogP contribution >= 0.6 is 11.6 Å². The van der Waals surface area contributed by atoms with E-state index < -0.39 is 0 Å². The van der Waals surface area contributed by atoms with E-state index in [4.69, 9.17) is 17.4 Å². The van der Waals surface area contributed by atoms with Crippen molar-refractivity contribution in [3.05, 3.63) is 34.9 Å². The first kappa shape index (κ1) is 11.5. The Hall–Kier alpha value is -0.570. The SMILES string of the molecule is NNC(c1cccc(Cl)c1)C1C2CCCCC21.